The Balaban J connectivity index is 1.36. The van der Waals surface area contributed by atoms with E-state index in [-0.39, 0.29) is 0 Å². The first-order chi connectivity index (χ1) is 15.3. The van der Waals surface area contributed by atoms with Gasteiger partial charge in [-0.15, -0.1) is 0 Å². The number of nitrogens with zero attached hydrogens (tertiary/aromatic N) is 3. The molecule has 0 amide bonds. The van der Waals surface area contributed by atoms with Gasteiger partial charge < -0.3 is 0 Å². The molecule has 3 heterocycles. The van der Waals surface area contributed by atoms with Crippen LogP contribution in [0.15, 0.2) is 115 Å². The van der Waals surface area contributed by atoms with Gasteiger partial charge in [0.25, 0.3) is 0 Å². The Kier molecular flexibility index (Phi) is 4.10. The van der Waals surface area contributed by atoms with E-state index in [9.17, 15) is 0 Å². The molecule has 3 aromatic heterocycles. The summed E-state index contributed by atoms with van der Waals surface area (Å²) in [6.07, 6.45) is 1.83. The van der Waals surface area contributed by atoms with Crippen molar-refractivity contribution >= 4 is 16.4 Å². The number of para-hydroxylation sites is 1. The molecule has 3 heteroatoms. The SMILES string of the molecule is c1ccc(-c2cccc(-c3ccc(-c4cc5ccc6ccccc6n5n4)cc3)c2)nc1. The first-order valence-electron chi connectivity index (χ1n) is 10.3. The van der Waals surface area contributed by atoms with Crippen molar-refractivity contribution in [1.82, 2.24) is 14.6 Å². The lowest BCUT2D eigenvalue weighted by atomic mass is 10.00. The zero-order chi connectivity index (χ0) is 20.6. The smallest absolute Gasteiger partial charge is 0.0933 e. The Labute approximate surface area is 180 Å². The summed E-state index contributed by atoms with van der Waals surface area (Å²) in [6, 6.07) is 37.9. The third-order valence-electron chi connectivity index (χ3n) is 5.67. The molecular weight excluding hydrogens is 378 g/mol. The summed E-state index contributed by atoms with van der Waals surface area (Å²) in [6.45, 7) is 0. The van der Waals surface area contributed by atoms with E-state index in [2.05, 4.69) is 96.0 Å². The van der Waals surface area contributed by atoms with Crippen LogP contribution in [0.5, 0.6) is 0 Å². The van der Waals surface area contributed by atoms with Gasteiger partial charge >= 0.3 is 0 Å². The van der Waals surface area contributed by atoms with Crippen molar-refractivity contribution in [2.45, 2.75) is 0 Å². The van der Waals surface area contributed by atoms with Crippen molar-refractivity contribution < 1.29 is 0 Å². The maximum atomic E-state index is 4.88. The quantitative estimate of drug-likeness (QED) is 0.326. The van der Waals surface area contributed by atoms with Crippen molar-refractivity contribution in [3.63, 3.8) is 0 Å². The Morgan fingerprint density at radius 1 is 0.516 bits per heavy atom. The summed E-state index contributed by atoms with van der Waals surface area (Å²) >= 11 is 0. The maximum absolute atomic E-state index is 4.88. The molecule has 0 aliphatic carbocycles. The minimum absolute atomic E-state index is 0.977. The Bertz CT molecular complexity index is 1510. The molecule has 0 N–H and O–H groups in total. The van der Waals surface area contributed by atoms with Gasteiger partial charge in [-0.3, -0.25) is 4.98 Å². The van der Waals surface area contributed by atoms with Gasteiger partial charge in [0, 0.05) is 22.7 Å². The lowest BCUT2D eigenvalue weighted by Crippen LogP contribution is -1.90. The van der Waals surface area contributed by atoms with Crippen LogP contribution in [0.1, 0.15) is 0 Å². The molecule has 0 radical (unpaired) electrons. The molecule has 146 valence electrons. The van der Waals surface area contributed by atoms with Gasteiger partial charge in [0.2, 0.25) is 0 Å². The number of pyridine rings is 2. The van der Waals surface area contributed by atoms with E-state index in [4.69, 9.17) is 5.10 Å². The predicted molar refractivity (Wildman–Crippen MR) is 127 cm³/mol. The standard InChI is InChI=1S/C28H19N3/c1-2-10-28-22(6-1)15-16-25-19-27(30-31(25)28)21-13-11-20(12-14-21)23-7-5-8-24(18-23)26-9-3-4-17-29-26/h1-19H. The van der Waals surface area contributed by atoms with Crippen LogP contribution in [-0.2, 0) is 0 Å². The van der Waals surface area contributed by atoms with Gasteiger partial charge in [0.05, 0.1) is 22.4 Å². The van der Waals surface area contributed by atoms with Gasteiger partial charge in [-0.25, -0.2) is 4.52 Å². The lowest BCUT2D eigenvalue weighted by Gasteiger charge is -2.06. The summed E-state index contributed by atoms with van der Waals surface area (Å²) in [5, 5.41) is 6.06. The number of hydrogen-bond acceptors (Lipinski definition) is 2. The van der Waals surface area contributed by atoms with Crippen LogP contribution >= 0.6 is 0 Å². The molecule has 0 bridgehead atoms. The van der Waals surface area contributed by atoms with Gasteiger partial charge in [-0.2, -0.15) is 5.10 Å². The molecule has 6 rings (SSSR count). The van der Waals surface area contributed by atoms with Crippen LogP contribution in [-0.4, -0.2) is 14.6 Å². The van der Waals surface area contributed by atoms with Gasteiger partial charge in [0.15, 0.2) is 0 Å². The van der Waals surface area contributed by atoms with Crippen molar-refractivity contribution in [2.75, 3.05) is 0 Å². The predicted octanol–water partition coefficient (Wildman–Crippen LogP) is 6.88. The van der Waals surface area contributed by atoms with Crippen LogP contribution in [0.2, 0.25) is 0 Å². The van der Waals surface area contributed by atoms with Crippen molar-refractivity contribution in [3.8, 4) is 33.6 Å². The third kappa shape index (κ3) is 3.17. The van der Waals surface area contributed by atoms with E-state index in [1.54, 1.807) is 0 Å². The fraction of sp³-hybridized carbons (Fsp3) is 0. The molecule has 3 nitrogen and oxygen atoms in total. The van der Waals surface area contributed by atoms with Crippen LogP contribution in [0.3, 0.4) is 0 Å². The minimum atomic E-state index is 0.977. The number of aromatic nitrogens is 3. The highest BCUT2D eigenvalue weighted by Gasteiger charge is 2.08. The minimum Gasteiger partial charge on any atom is -0.256 e. The first kappa shape index (κ1) is 17.6. The highest BCUT2D eigenvalue weighted by Crippen LogP contribution is 2.28. The average molecular weight is 397 g/mol. The van der Waals surface area contributed by atoms with E-state index >= 15 is 0 Å². The molecule has 0 fully saturated rings. The summed E-state index contributed by atoms with van der Waals surface area (Å²) in [7, 11) is 0. The topological polar surface area (TPSA) is 30.2 Å². The molecule has 0 aliphatic rings. The zero-order valence-corrected chi connectivity index (χ0v) is 16.8. The Morgan fingerprint density at radius 3 is 2.19 bits per heavy atom. The molecule has 3 aromatic carbocycles. The Hall–Kier alpha value is -4.24. The van der Waals surface area contributed by atoms with E-state index < -0.39 is 0 Å². The number of hydrogen-bond donors (Lipinski definition) is 0. The summed E-state index contributed by atoms with van der Waals surface area (Å²) in [4.78, 5) is 4.47. The van der Waals surface area contributed by atoms with Gasteiger partial charge in [-0.05, 0) is 47.5 Å². The average Bonchev–Trinajstić information content (AvgIpc) is 3.30. The van der Waals surface area contributed by atoms with E-state index in [0.717, 1.165) is 33.5 Å². The van der Waals surface area contributed by atoms with Crippen LogP contribution in [0.4, 0.5) is 0 Å². The van der Waals surface area contributed by atoms with Crippen LogP contribution < -0.4 is 0 Å². The zero-order valence-electron chi connectivity index (χ0n) is 16.8. The highest BCUT2D eigenvalue weighted by molar-refractivity contribution is 5.83. The monoisotopic (exact) mass is 397 g/mol. The second-order valence-corrected chi connectivity index (χ2v) is 7.63. The second-order valence-electron chi connectivity index (χ2n) is 7.63. The lowest BCUT2D eigenvalue weighted by molar-refractivity contribution is 1.01. The fourth-order valence-electron chi connectivity index (χ4n) is 4.07. The van der Waals surface area contributed by atoms with Crippen molar-refractivity contribution in [3.05, 3.63) is 115 Å². The number of rotatable bonds is 3. The van der Waals surface area contributed by atoms with E-state index in [1.165, 1.54) is 16.5 Å². The molecule has 0 aliphatic heterocycles. The fourth-order valence-corrected chi connectivity index (χ4v) is 4.07. The number of benzene rings is 3. The highest BCUT2D eigenvalue weighted by atomic mass is 15.2. The van der Waals surface area contributed by atoms with Crippen molar-refractivity contribution in [2.24, 2.45) is 0 Å². The molecule has 6 aromatic rings. The largest absolute Gasteiger partial charge is 0.256 e. The maximum Gasteiger partial charge on any atom is 0.0933 e. The van der Waals surface area contributed by atoms with Gasteiger partial charge in [-0.1, -0.05) is 72.8 Å². The Morgan fingerprint density at radius 2 is 1.32 bits per heavy atom. The molecule has 31 heavy (non-hydrogen) atoms. The first-order valence-corrected chi connectivity index (χ1v) is 10.3. The molecule has 0 saturated carbocycles. The molecule has 0 atom stereocenters. The summed E-state index contributed by atoms with van der Waals surface area (Å²) < 4.78 is 2.02. The van der Waals surface area contributed by atoms with Crippen LogP contribution in [0.25, 0.3) is 50.1 Å². The normalized spacial score (nSPS) is 11.2. The molecular formula is C28H19N3. The number of fused-ring (bicyclic) bond motifs is 3. The van der Waals surface area contributed by atoms with Gasteiger partial charge in [0.1, 0.15) is 0 Å². The second kappa shape index (κ2) is 7.22. The van der Waals surface area contributed by atoms with Crippen LogP contribution in [0, 0.1) is 0 Å². The van der Waals surface area contributed by atoms with E-state index in [1.807, 2.05) is 28.9 Å². The molecule has 0 spiro atoms. The van der Waals surface area contributed by atoms with E-state index in [0.29, 0.717) is 0 Å². The molecule has 0 unspecified atom stereocenters. The van der Waals surface area contributed by atoms with Crippen molar-refractivity contribution in [1.29, 1.82) is 0 Å². The third-order valence-corrected chi connectivity index (χ3v) is 5.67. The summed E-state index contributed by atoms with van der Waals surface area (Å²) in [5.41, 5.74) is 8.76. The summed E-state index contributed by atoms with van der Waals surface area (Å²) in [5.74, 6) is 0. The molecule has 0 saturated heterocycles.